The fourth-order valence-electron chi connectivity index (χ4n) is 0.872. The fourth-order valence-corrected chi connectivity index (χ4v) is 0.974. The monoisotopic (exact) mass is 169 g/mol. The Labute approximate surface area is 71.2 Å². The van der Waals surface area contributed by atoms with Crippen molar-refractivity contribution in [1.82, 2.24) is 9.55 Å². The van der Waals surface area contributed by atoms with Gasteiger partial charge in [0.15, 0.2) is 0 Å². The maximum atomic E-state index is 5.35. The number of nitrogens with zero attached hydrogens (tertiary/aromatic N) is 2. The molecule has 0 unspecified atom stereocenters. The van der Waals surface area contributed by atoms with Crippen LogP contribution in [-0.2, 0) is 13.5 Å². The maximum Gasteiger partial charge on any atom is 0.108 e. The minimum Gasteiger partial charge on any atom is -0.393 e. The van der Waals surface area contributed by atoms with Crippen molar-refractivity contribution in [2.45, 2.75) is 12.8 Å². The summed E-state index contributed by atoms with van der Waals surface area (Å²) in [5.74, 6) is 1.03. The summed E-state index contributed by atoms with van der Waals surface area (Å²) in [6.45, 7) is 0. The highest BCUT2D eigenvalue weighted by Gasteiger charge is 1.98. The molecule has 0 aliphatic heterocycles. The lowest BCUT2D eigenvalue weighted by atomic mass is 10.3. The normalized spacial score (nSPS) is 9.91. The molecule has 11 heavy (non-hydrogen) atoms. The molecule has 60 valence electrons. The minimum absolute atomic E-state index is 0.549. The quantitative estimate of drug-likeness (QED) is 0.675. The first-order valence-electron chi connectivity index (χ1n) is 3.44. The summed E-state index contributed by atoms with van der Waals surface area (Å²) in [6.07, 6.45) is 5.25. The second kappa shape index (κ2) is 3.48. The Morgan fingerprint density at radius 1 is 1.82 bits per heavy atom. The van der Waals surface area contributed by atoms with Gasteiger partial charge in [0.05, 0.1) is 4.99 Å². The van der Waals surface area contributed by atoms with E-state index in [1.165, 1.54) is 0 Å². The van der Waals surface area contributed by atoms with E-state index in [-0.39, 0.29) is 0 Å². The van der Waals surface area contributed by atoms with Crippen LogP contribution in [-0.4, -0.2) is 14.5 Å². The summed E-state index contributed by atoms with van der Waals surface area (Å²) in [5, 5.41) is 0. The third-order valence-electron chi connectivity index (χ3n) is 1.52. The molecule has 3 nitrogen and oxygen atoms in total. The lowest BCUT2D eigenvalue weighted by Gasteiger charge is -1.99. The van der Waals surface area contributed by atoms with Gasteiger partial charge in [0.25, 0.3) is 0 Å². The van der Waals surface area contributed by atoms with Crippen LogP contribution in [0.25, 0.3) is 0 Å². The van der Waals surface area contributed by atoms with E-state index in [4.69, 9.17) is 18.0 Å². The average molecular weight is 169 g/mol. The Morgan fingerprint density at radius 3 is 3.00 bits per heavy atom. The average Bonchev–Trinajstić information content (AvgIpc) is 2.31. The van der Waals surface area contributed by atoms with Crippen molar-refractivity contribution in [1.29, 1.82) is 0 Å². The van der Waals surface area contributed by atoms with Crippen LogP contribution in [0.2, 0.25) is 0 Å². The summed E-state index contributed by atoms with van der Waals surface area (Å²) in [5.41, 5.74) is 5.35. The Bertz CT molecular complexity index is 254. The zero-order valence-corrected chi connectivity index (χ0v) is 7.27. The molecule has 0 bridgehead atoms. The summed E-state index contributed by atoms with van der Waals surface area (Å²) >= 11 is 4.75. The van der Waals surface area contributed by atoms with Gasteiger partial charge in [0.2, 0.25) is 0 Å². The fraction of sp³-hybridized carbons (Fsp3) is 0.429. The summed E-state index contributed by atoms with van der Waals surface area (Å²) < 4.78 is 1.97. The Morgan fingerprint density at radius 2 is 2.55 bits per heavy atom. The van der Waals surface area contributed by atoms with Crippen molar-refractivity contribution in [2.75, 3.05) is 0 Å². The number of hydrogen-bond donors (Lipinski definition) is 1. The first-order chi connectivity index (χ1) is 5.20. The molecule has 0 saturated heterocycles. The molecule has 1 aromatic heterocycles. The molecule has 0 spiro atoms. The second-order valence-electron chi connectivity index (χ2n) is 2.42. The molecular weight excluding hydrogens is 158 g/mol. The lowest BCUT2D eigenvalue weighted by Crippen LogP contribution is -2.10. The van der Waals surface area contributed by atoms with E-state index < -0.39 is 0 Å². The second-order valence-corrected chi connectivity index (χ2v) is 2.95. The predicted molar refractivity (Wildman–Crippen MR) is 48.3 cm³/mol. The molecule has 1 heterocycles. The maximum absolute atomic E-state index is 5.35. The first kappa shape index (κ1) is 8.20. The number of thiocarbonyl (C=S) groups is 1. The van der Waals surface area contributed by atoms with Crippen molar-refractivity contribution in [2.24, 2.45) is 12.8 Å². The smallest absolute Gasteiger partial charge is 0.108 e. The van der Waals surface area contributed by atoms with Crippen LogP contribution in [0.4, 0.5) is 0 Å². The summed E-state index contributed by atoms with van der Waals surface area (Å²) in [7, 11) is 1.96. The molecule has 0 saturated carbocycles. The van der Waals surface area contributed by atoms with Crippen LogP contribution in [0.3, 0.4) is 0 Å². The molecule has 0 aliphatic rings. The van der Waals surface area contributed by atoms with Crippen LogP contribution in [0, 0.1) is 0 Å². The Balaban J connectivity index is 2.51. The van der Waals surface area contributed by atoms with Gasteiger partial charge in [-0.25, -0.2) is 4.98 Å². The first-order valence-corrected chi connectivity index (χ1v) is 3.85. The highest BCUT2D eigenvalue weighted by Crippen LogP contribution is 1.98. The third-order valence-corrected chi connectivity index (χ3v) is 1.72. The van der Waals surface area contributed by atoms with Crippen molar-refractivity contribution in [3.8, 4) is 0 Å². The highest BCUT2D eigenvalue weighted by molar-refractivity contribution is 7.80. The van der Waals surface area contributed by atoms with Gasteiger partial charge in [-0.1, -0.05) is 12.2 Å². The van der Waals surface area contributed by atoms with Crippen LogP contribution in [0.5, 0.6) is 0 Å². The number of hydrogen-bond acceptors (Lipinski definition) is 2. The van der Waals surface area contributed by atoms with Gasteiger partial charge in [-0.3, -0.25) is 0 Å². The van der Waals surface area contributed by atoms with E-state index in [1.807, 2.05) is 17.8 Å². The van der Waals surface area contributed by atoms with Gasteiger partial charge in [0, 0.05) is 32.3 Å². The van der Waals surface area contributed by atoms with Crippen molar-refractivity contribution in [3.05, 3.63) is 18.2 Å². The van der Waals surface area contributed by atoms with Crippen molar-refractivity contribution >= 4 is 17.2 Å². The van der Waals surface area contributed by atoms with E-state index in [1.54, 1.807) is 6.20 Å². The number of rotatable bonds is 3. The van der Waals surface area contributed by atoms with Crippen LogP contribution in [0.15, 0.2) is 12.4 Å². The number of aryl methyl sites for hydroxylation is 2. The molecule has 0 aromatic carbocycles. The SMILES string of the molecule is Cn1ccnc1CCC(N)=S. The molecule has 4 heteroatoms. The van der Waals surface area contributed by atoms with Gasteiger partial charge in [-0.05, 0) is 0 Å². The van der Waals surface area contributed by atoms with E-state index in [0.717, 1.165) is 18.7 Å². The van der Waals surface area contributed by atoms with Crippen molar-refractivity contribution < 1.29 is 0 Å². The van der Waals surface area contributed by atoms with Crippen LogP contribution < -0.4 is 5.73 Å². The molecule has 0 amide bonds. The molecule has 0 atom stereocenters. The lowest BCUT2D eigenvalue weighted by molar-refractivity contribution is 0.790. The van der Waals surface area contributed by atoms with Gasteiger partial charge in [-0.15, -0.1) is 0 Å². The molecular formula is C7H11N3S. The van der Waals surface area contributed by atoms with Gasteiger partial charge >= 0.3 is 0 Å². The van der Waals surface area contributed by atoms with Gasteiger partial charge in [0.1, 0.15) is 5.82 Å². The number of aromatic nitrogens is 2. The molecule has 0 aliphatic carbocycles. The van der Waals surface area contributed by atoms with E-state index in [9.17, 15) is 0 Å². The van der Waals surface area contributed by atoms with E-state index >= 15 is 0 Å². The van der Waals surface area contributed by atoms with Crippen LogP contribution >= 0.6 is 12.2 Å². The summed E-state index contributed by atoms with van der Waals surface area (Å²) in [4.78, 5) is 4.68. The number of nitrogens with two attached hydrogens (primary N) is 1. The number of imidazole rings is 1. The largest absolute Gasteiger partial charge is 0.393 e. The molecule has 2 N–H and O–H groups in total. The van der Waals surface area contributed by atoms with E-state index in [2.05, 4.69) is 4.98 Å². The molecule has 0 fully saturated rings. The highest BCUT2D eigenvalue weighted by atomic mass is 32.1. The van der Waals surface area contributed by atoms with Crippen molar-refractivity contribution in [3.63, 3.8) is 0 Å². The summed E-state index contributed by atoms with van der Waals surface area (Å²) in [6, 6.07) is 0. The Hall–Kier alpha value is -0.900. The third kappa shape index (κ3) is 2.31. The molecule has 1 aromatic rings. The zero-order chi connectivity index (χ0) is 8.27. The Kier molecular flexibility index (Phi) is 2.59. The van der Waals surface area contributed by atoms with Gasteiger partial charge < -0.3 is 10.3 Å². The van der Waals surface area contributed by atoms with Crippen LogP contribution in [0.1, 0.15) is 12.2 Å². The van der Waals surface area contributed by atoms with Gasteiger partial charge in [-0.2, -0.15) is 0 Å². The molecule has 0 radical (unpaired) electrons. The minimum atomic E-state index is 0.549. The van der Waals surface area contributed by atoms with E-state index in [0.29, 0.717) is 4.99 Å². The standard InChI is InChI=1S/C7H11N3S/c1-10-5-4-9-7(10)3-2-6(8)11/h4-5H,2-3H2,1H3,(H2,8,11). The topological polar surface area (TPSA) is 43.8 Å². The zero-order valence-electron chi connectivity index (χ0n) is 6.45. The molecule has 1 rings (SSSR count). The predicted octanol–water partition coefficient (Wildman–Crippen LogP) is 0.639.